The molecule has 3 heteroatoms. The van der Waals surface area contributed by atoms with Crippen molar-refractivity contribution in [3.05, 3.63) is 46.7 Å². The Bertz CT molecular complexity index is 652. The molecule has 1 aromatic rings. The second-order valence-electron chi connectivity index (χ2n) is 8.45. The van der Waals surface area contributed by atoms with Crippen molar-refractivity contribution in [3.63, 3.8) is 0 Å². The first-order valence-corrected chi connectivity index (χ1v) is 11.9. The van der Waals surface area contributed by atoms with Crippen molar-refractivity contribution in [2.24, 2.45) is 5.92 Å². The summed E-state index contributed by atoms with van der Waals surface area (Å²) in [4.78, 5) is 13.1. The highest BCUT2D eigenvalue weighted by molar-refractivity contribution is 5.87. The van der Waals surface area contributed by atoms with Crippen LogP contribution in [0.25, 0.3) is 0 Å². The summed E-state index contributed by atoms with van der Waals surface area (Å²) in [6.07, 6.45) is 14.4. The van der Waals surface area contributed by atoms with Crippen molar-refractivity contribution in [1.29, 1.82) is 0 Å². The Morgan fingerprint density at radius 2 is 1.69 bits per heavy atom. The molecule has 3 fully saturated rings. The van der Waals surface area contributed by atoms with E-state index in [4.69, 9.17) is 5.11 Å². The molecule has 1 N–H and O–H groups in total. The van der Waals surface area contributed by atoms with Gasteiger partial charge in [-0.05, 0) is 69.9 Å². The number of hydrogen-bond acceptors (Lipinski definition) is 2. The molecular formula is C26H41NO2. The maximum Gasteiger partial charge on any atom is 0.335 e. The van der Waals surface area contributed by atoms with Gasteiger partial charge in [0.05, 0.1) is 5.56 Å². The summed E-state index contributed by atoms with van der Waals surface area (Å²) in [6, 6.07) is 7.66. The van der Waals surface area contributed by atoms with E-state index in [1.807, 2.05) is 20.8 Å². The smallest absolute Gasteiger partial charge is 0.335 e. The van der Waals surface area contributed by atoms with E-state index in [0.29, 0.717) is 5.56 Å². The van der Waals surface area contributed by atoms with E-state index in [2.05, 4.69) is 11.8 Å². The zero-order chi connectivity index (χ0) is 21.2. The van der Waals surface area contributed by atoms with Crippen molar-refractivity contribution in [3.8, 4) is 0 Å². The molecular weight excluding hydrogens is 358 g/mol. The van der Waals surface area contributed by atoms with Crippen LogP contribution in [0, 0.1) is 12.8 Å². The van der Waals surface area contributed by atoms with E-state index >= 15 is 0 Å². The number of carboxylic acids is 1. The summed E-state index contributed by atoms with van der Waals surface area (Å²) in [6.45, 7) is 9.63. The molecule has 3 aliphatic rings. The molecule has 1 saturated heterocycles. The van der Waals surface area contributed by atoms with Crippen LogP contribution in [0.3, 0.4) is 0 Å². The van der Waals surface area contributed by atoms with Gasteiger partial charge in [0.1, 0.15) is 0 Å². The van der Waals surface area contributed by atoms with Gasteiger partial charge in [0, 0.05) is 18.3 Å². The van der Waals surface area contributed by atoms with Gasteiger partial charge in [0.25, 0.3) is 0 Å². The number of carbonyl (C=O) groups is 1. The maximum absolute atomic E-state index is 10.3. The molecule has 0 aromatic heterocycles. The number of aryl methyl sites for hydroxylation is 1. The molecule has 29 heavy (non-hydrogen) atoms. The van der Waals surface area contributed by atoms with Crippen molar-refractivity contribution in [1.82, 2.24) is 4.90 Å². The highest BCUT2D eigenvalue weighted by atomic mass is 16.4. The topological polar surface area (TPSA) is 40.5 Å². The van der Waals surface area contributed by atoms with E-state index in [1.165, 1.54) is 70.8 Å². The van der Waals surface area contributed by atoms with Crippen LogP contribution in [-0.2, 0) is 0 Å². The second-order valence-corrected chi connectivity index (χ2v) is 8.45. The van der Waals surface area contributed by atoms with Gasteiger partial charge in [-0.2, -0.15) is 0 Å². The number of benzene rings is 1. The molecule has 1 aromatic carbocycles. The molecule has 1 aliphatic heterocycles. The number of rotatable bonds is 5. The minimum atomic E-state index is -0.875. The van der Waals surface area contributed by atoms with Gasteiger partial charge in [-0.25, -0.2) is 4.79 Å². The average Bonchev–Trinajstić information content (AvgIpc) is 3.11. The first-order valence-electron chi connectivity index (χ1n) is 11.9. The van der Waals surface area contributed by atoms with Crippen LogP contribution in [0.4, 0.5) is 0 Å². The quantitative estimate of drug-likeness (QED) is 0.568. The summed E-state index contributed by atoms with van der Waals surface area (Å²) in [7, 11) is 0. The van der Waals surface area contributed by atoms with E-state index in [9.17, 15) is 4.79 Å². The van der Waals surface area contributed by atoms with Crippen molar-refractivity contribution < 1.29 is 9.90 Å². The summed E-state index contributed by atoms with van der Waals surface area (Å²) < 4.78 is 0. The number of aromatic carboxylic acids is 1. The largest absolute Gasteiger partial charge is 0.478 e. The number of allylic oxidation sites excluding steroid dienone is 2. The third kappa shape index (κ3) is 6.62. The van der Waals surface area contributed by atoms with Crippen molar-refractivity contribution in [2.75, 3.05) is 6.54 Å². The van der Waals surface area contributed by atoms with Crippen LogP contribution in [0.5, 0.6) is 0 Å². The predicted octanol–water partition coefficient (Wildman–Crippen LogP) is 7.21. The molecule has 162 valence electrons. The fourth-order valence-corrected chi connectivity index (χ4v) is 4.54. The Morgan fingerprint density at radius 3 is 2.14 bits per heavy atom. The number of nitrogens with zero attached hydrogens (tertiary/aromatic N) is 1. The molecule has 0 amide bonds. The molecule has 1 heterocycles. The molecule has 1 unspecified atom stereocenters. The van der Waals surface area contributed by atoms with Crippen LogP contribution in [-0.4, -0.2) is 28.6 Å². The predicted molar refractivity (Wildman–Crippen MR) is 122 cm³/mol. The molecule has 0 bridgehead atoms. The minimum Gasteiger partial charge on any atom is -0.478 e. The maximum atomic E-state index is 10.3. The Balaban J connectivity index is 0.000000215. The summed E-state index contributed by atoms with van der Waals surface area (Å²) in [5.41, 5.74) is 4.96. The minimum absolute atomic E-state index is 0.339. The number of carboxylic acid groups (broad SMARTS) is 1. The molecule has 0 radical (unpaired) electrons. The molecule has 2 aliphatic carbocycles. The highest BCUT2D eigenvalue weighted by Gasteiger charge is 2.31. The second kappa shape index (κ2) is 12.0. The Labute approximate surface area is 178 Å². The van der Waals surface area contributed by atoms with Crippen molar-refractivity contribution >= 4 is 5.97 Å². The molecule has 3 nitrogen and oxygen atoms in total. The van der Waals surface area contributed by atoms with Crippen LogP contribution < -0.4 is 0 Å². The fourth-order valence-electron chi connectivity index (χ4n) is 4.54. The lowest BCUT2D eigenvalue weighted by Gasteiger charge is -2.37. The van der Waals surface area contributed by atoms with Gasteiger partial charge in [0.15, 0.2) is 0 Å². The van der Waals surface area contributed by atoms with Crippen molar-refractivity contribution in [2.45, 2.75) is 97.9 Å². The average molecular weight is 400 g/mol. The van der Waals surface area contributed by atoms with Crippen LogP contribution in [0.2, 0.25) is 0 Å². The van der Waals surface area contributed by atoms with Gasteiger partial charge >= 0.3 is 5.97 Å². The van der Waals surface area contributed by atoms with Crippen LogP contribution in [0.15, 0.2) is 35.5 Å². The zero-order valence-electron chi connectivity index (χ0n) is 19.0. The third-order valence-electron chi connectivity index (χ3n) is 6.55. The summed E-state index contributed by atoms with van der Waals surface area (Å²) in [5, 5.41) is 8.48. The molecule has 4 rings (SSSR count). The van der Waals surface area contributed by atoms with E-state index in [0.717, 1.165) is 17.5 Å². The summed E-state index contributed by atoms with van der Waals surface area (Å²) >= 11 is 0. The Morgan fingerprint density at radius 1 is 1.03 bits per heavy atom. The molecule has 2 saturated carbocycles. The summed E-state index contributed by atoms with van der Waals surface area (Å²) in [5.74, 6) is 0.199. The van der Waals surface area contributed by atoms with Crippen LogP contribution >= 0.6 is 0 Å². The fraction of sp³-hybridized carbons (Fsp3) is 0.654. The van der Waals surface area contributed by atoms with Gasteiger partial charge in [0.2, 0.25) is 0 Å². The monoisotopic (exact) mass is 399 g/mol. The SMILES string of the molecule is CC.CCC(=C1CCC1)N1CCCC1CC1CCC1.Cc1ccc(C(=O)O)cc1. The van der Waals surface area contributed by atoms with E-state index in [1.54, 1.807) is 35.5 Å². The standard InChI is InChI=1S/C16H27N.C8H8O2.C2H6/c1-2-16(14-8-4-9-14)17-11-5-10-15(17)12-13-6-3-7-13;1-6-2-4-7(5-3-6)8(9)10;1-2/h13,15H,2-12H2,1H3;2-5H,1H3,(H,9,10);1-2H3. The van der Waals surface area contributed by atoms with E-state index < -0.39 is 5.97 Å². The van der Waals surface area contributed by atoms with Gasteiger partial charge in [-0.3, -0.25) is 0 Å². The Hall–Kier alpha value is -1.77. The first-order chi connectivity index (χ1) is 14.1. The van der Waals surface area contributed by atoms with Gasteiger partial charge < -0.3 is 10.0 Å². The highest BCUT2D eigenvalue weighted by Crippen LogP contribution is 2.39. The van der Waals surface area contributed by atoms with Crippen LogP contribution in [0.1, 0.15) is 101 Å². The number of likely N-dealkylation sites (tertiary alicyclic amines) is 1. The Kier molecular flexibility index (Phi) is 9.76. The third-order valence-corrected chi connectivity index (χ3v) is 6.55. The molecule has 1 atom stereocenters. The van der Waals surface area contributed by atoms with Gasteiger partial charge in [-0.1, -0.05) is 63.3 Å². The number of hydrogen-bond donors (Lipinski definition) is 1. The normalized spacial score (nSPS) is 20.5. The van der Waals surface area contributed by atoms with E-state index in [-0.39, 0.29) is 0 Å². The zero-order valence-corrected chi connectivity index (χ0v) is 19.0. The lowest BCUT2D eigenvalue weighted by molar-refractivity contribution is 0.0697. The first kappa shape index (κ1) is 23.5. The lowest BCUT2D eigenvalue weighted by atomic mass is 9.80. The lowest BCUT2D eigenvalue weighted by Crippen LogP contribution is -2.33. The van der Waals surface area contributed by atoms with Gasteiger partial charge in [-0.15, -0.1) is 0 Å². The molecule has 0 spiro atoms.